The minimum absolute atomic E-state index is 0.0341. The molecule has 1 fully saturated rings. The molecule has 1 unspecified atom stereocenters. The molecule has 4 nitrogen and oxygen atoms in total. The minimum Gasteiger partial charge on any atom is -0.480 e. The number of ether oxygens (including phenoxy) is 1. The Kier molecular flexibility index (Phi) is 5.62. The Hall–Kier alpha value is -1.55. The summed E-state index contributed by atoms with van der Waals surface area (Å²) in [6.45, 7) is 4.18. The normalized spacial score (nSPS) is 17.3. The van der Waals surface area contributed by atoms with Crippen molar-refractivity contribution in [3.05, 3.63) is 29.3 Å². The Balaban J connectivity index is 1.97. The molecule has 116 valence electrons. The molecule has 1 amide bonds. The van der Waals surface area contributed by atoms with E-state index >= 15 is 0 Å². The van der Waals surface area contributed by atoms with Crippen LogP contribution in [0.3, 0.4) is 0 Å². The molecule has 1 saturated carbocycles. The monoisotopic (exact) mass is 290 g/mol. The van der Waals surface area contributed by atoms with Crippen LogP contribution in [-0.2, 0) is 11.3 Å². The van der Waals surface area contributed by atoms with Gasteiger partial charge in [-0.2, -0.15) is 0 Å². The molecule has 1 atom stereocenters. The van der Waals surface area contributed by atoms with Gasteiger partial charge in [0.2, 0.25) is 0 Å². The number of benzene rings is 1. The van der Waals surface area contributed by atoms with E-state index in [2.05, 4.69) is 5.32 Å². The molecule has 1 aliphatic rings. The molecule has 0 aliphatic heterocycles. The van der Waals surface area contributed by atoms with Gasteiger partial charge in [-0.3, -0.25) is 4.79 Å². The van der Waals surface area contributed by atoms with E-state index in [4.69, 9.17) is 10.5 Å². The fraction of sp³-hybridized carbons (Fsp3) is 0.588. The third-order valence-electron chi connectivity index (χ3n) is 4.13. The zero-order valence-electron chi connectivity index (χ0n) is 13.0. The highest BCUT2D eigenvalue weighted by atomic mass is 16.5. The van der Waals surface area contributed by atoms with Crippen molar-refractivity contribution in [1.82, 2.24) is 5.32 Å². The molecule has 3 N–H and O–H groups in total. The van der Waals surface area contributed by atoms with Gasteiger partial charge in [-0.1, -0.05) is 37.5 Å². The quantitative estimate of drug-likeness (QED) is 0.876. The average molecular weight is 290 g/mol. The predicted molar refractivity (Wildman–Crippen MR) is 84.2 cm³/mol. The minimum atomic E-state index is -0.502. The highest BCUT2D eigenvalue weighted by Crippen LogP contribution is 2.24. The topological polar surface area (TPSA) is 64.3 Å². The number of carbonyl (C=O) groups is 1. The van der Waals surface area contributed by atoms with E-state index in [-0.39, 0.29) is 5.91 Å². The maximum atomic E-state index is 12.3. The molecule has 1 aliphatic carbocycles. The standard InChI is InChI=1S/C17H26N2O2/c1-12-7-6-8-14(11-18)16(12)21-13(2)17(20)19-15-9-4-3-5-10-15/h6-8,13,15H,3-5,9-11,18H2,1-2H3,(H,19,20). The summed E-state index contributed by atoms with van der Waals surface area (Å²) in [7, 11) is 0. The fourth-order valence-corrected chi connectivity index (χ4v) is 2.84. The summed E-state index contributed by atoms with van der Waals surface area (Å²) < 4.78 is 5.88. The van der Waals surface area contributed by atoms with Crippen molar-refractivity contribution in [3.8, 4) is 5.75 Å². The fourth-order valence-electron chi connectivity index (χ4n) is 2.84. The number of hydrogen-bond donors (Lipinski definition) is 2. The van der Waals surface area contributed by atoms with E-state index in [0.29, 0.717) is 12.6 Å². The summed E-state index contributed by atoms with van der Waals surface area (Å²) in [5, 5.41) is 3.10. The number of rotatable bonds is 5. The van der Waals surface area contributed by atoms with Crippen LogP contribution in [-0.4, -0.2) is 18.1 Å². The van der Waals surface area contributed by atoms with Gasteiger partial charge in [-0.05, 0) is 32.3 Å². The van der Waals surface area contributed by atoms with Gasteiger partial charge in [0.1, 0.15) is 5.75 Å². The van der Waals surface area contributed by atoms with Crippen LogP contribution in [0.1, 0.15) is 50.2 Å². The van der Waals surface area contributed by atoms with E-state index in [1.54, 1.807) is 6.92 Å². The number of nitrogens with two attached hydrogens (primary N) is 1. The molecule has 0 bridgehead atoms. The molecular formula is C17H26N2O2. The second-order valence-corrected chi connectivity index (χ2v) is 5.87. The van der Waals surface area contributed by atoms with Gasteiger partial charge in [0.25, 0.3) is 5.91 Å². The molecule has 1 aromatic carbocycles. The summed E-state index contributed by atoms with van der Waals surface area (Å²) in [6.07, 6.45) is 5.35. The molecule has 0 heterocycles. The summed E-state index contributed by atoms with van der Waals surface area (Å²) >= 11 is 0. The SMILES string of the molecule is Cc1cccc(CN)c1OC(C)C(=O)NC1CCCCC1. The van der Waals surface area contributed by atoms with Gasteiger partial charge in [0.05, 0.1) is 0 Å². The van der Waals surface area contributed by atoms with Crippen molar-refractivity contribution in [2.24, 2.45) is 5.73 Å². The highest BCUT2D eigenvalue weighted by molar-refractivity contribution is 5.81. The highest BCUT2D eigenvalue weighted by Gasteiger charge is 2.21. The lowest BCUT2D eigenvalue weighted by atomic mass is 9.95. The Morgan fingerprint density at radius 3 is 2.76 bits per heavy atom. The second-order valence-electron chi connectivity index (χ2n) is 5.87. The third-order valence-corrected chi connectivity index (χ3v) is 4.13. The van der Waals surface area contributed by atoms with Crippen molar-refractivity contribution in [2.45, 2.75) is 64.6 Å². The Bertz CT molecular complexity index is 482. The second kappa shape index (κ2) is 7.46. The number of aryl methyl sites for hydroxylation is 1. The third kappa shape index (κ3) is 4.21. The van der Waals surface area contributed by atoms with Gasteiger partial charge < -0.3 is 15.8 Å². The molecule has 0 aromatic heterocycles. The molecular weight excluding hydrogens is 264 g/mol. The molecule has 0 radical (unpaired) electrons. The Morgan fingerprint density at radius 2 is 2.10 bits per heavy atom. The zero-order valence-corrected chi connectivity index (χ0v) is 13.0. The van der Waals surface area contributed by atoms with Gasteiger partial charge in [0, 0.05) is 18.2 Å². The largest absolute Gasteiger partial charge is 0.480 e. The summed E-state index contributed by atoms with van der Waals surface area (Å²) in [5.74, 6) is 0.708. The maximum absolute atomic E-state index is 12.3. The molecule has 0 saturated heterocycles. The van der Waals surface area contributed by atoms with Crippen LogP contribution in [0.2, 0.25) is 0 Å². The van der Waals surface area contributed by atoms with Crippen LogP contribution >= 0.6 is 0 Å². The maximum Gasteiger partial charge on any atom is 0.260 e. The van der Waals surface area contributed by atoms with Crippen LogP contribution in [0, 0.1) is 6.92 Å². The van der Waals surface area contributed by atoms with Crippen LogP contribution in [0.25, 0.3) is 0 Å². The van der Waals surface area contributed by atoms with Gasteiger partial charge in [-0.15, -0.1) is 0 Å². The Labute approximate surface area is 127 Å². The average Bonchev–Trinajstić information content (AvgIpc) is 2.50. The van der Waals surface area contributed by atoms with Crippen molar-refractivity contribution in [2.75, 3.05) is 0 Å². The summed E-state index contributed by atoms with van der Waals surface area (Å²) in [4.78, 5) is 12.3. The smallest absolute Gasteiger partial charge is 0.260 e. The Morgan fingerprint density at radius 1 is 1.38 bits per heavy atom. The molecule has 4 heteroatoms. The van der Waals surface area contributed by atoms with Crippen LogP contribution in [0.5, 0.6) is 5.75 Å². The predicted octanol–water partition coefficient (Wildman–Crippen LogP) is 2.67. The zero-order chi connectivity index (χ0) is 15.2. The van der Waals surface area contributed by atoms with Crippen molar-refractivity contribution in [1.29, 1.82) is 0 Å². The van der Waals surface area contributed by atoms with Gasteiger partial charge >= 0.3 is 0 Å². The lowest BCUT2D eigenvalue weighted by Crippen LogP contribution is -2.43. The van der Waals surface area contributed by atoms with Crippen molar-refractivity contribution < 1.29 is 9.53 Å². The first kappa shape index (κ1) is 15.8. The first-order chi connectivity index (χ1) is 10.1. The number of para-hydroxylation sites is 1. The van der Waals surface area contributed by atoms with Crippen LogP contribution in [0.4, 0.5) is 0 Å². The number of hydrogen-bond acceptors (Lipinski definition) is 3. The van der Waals surface area contributed by atoms with Gasteiger partial charge in [0.15, 0.2) is 6.10 Å². The van der Waals surface area contributed by atoms with E-state index in [1.807, 2.05) is 25.1 Å². The van der Waals surface area contributed by atoms with Crippen molar-refractivity contribution >= 4 is 5.91 Å². The van der Waals surface area contributed by atoms with Crippen molar-refractivity contribution in [3.63, 3.8) is 0 Å². The van der Waals surface area contributed by atoms with E-state index in [1.165, 1.54) is 19.3 Å². The summed E-state index contributed by atoms with van der Waals surface area (Å²) in [6, 6.07) is 6.18. The van der Waals surface area contributed by atoms with E-state index < -0.39 is 6.10 Å². The first-order valence-corrected chi connectivity index (χ1v) is 7.87. The lowest BCUT2D eigenvalue weighted by Gasteiger charge is -2.25. The van der Waals surface area contributed by atoms with E-state index in [9.17, 15) is 4.79 Å². The van der Waals surface area contributed by atoms with Gasteiger partial charge in [-0.25, -0.2) is 0 Å². The summed E-state index contributed by atoms with van der Waals surface area (Å²) in [5.41, 5.74) is 7.69. The molecule has 0 spiro atoms. The van der Waals surface area contributed by atoms with Crippen LogP contribution < -0.4 is 15.8 Å². The number of amides is 1. The first-order valence-electron chi connectivity index (χ1n) is 7.87. The molecule has 1 aromatic rings. The lowest BCUT2D eigenvalue weighted by molar-refractivity contribution is -0.128. The van der Waals surface area contributed by atoms with E-state index in [0.717, 1.165) is 29.7 Å². The molecule has 2 rings (SSSR count). The number of carbonyl (C=O) groups excluding carboxylic acids is 1. The van der Waals surface area contributed by atoms with Crippen LogP contribution in [0.15, 0.2) is 18.2 Å². The number of nitrogens with one attached hydrogen (secondary N) is 1. The molecule has 21 heavy (non-hydrogen) atoms.